The van der Waals surface area contributed by atoms with Crippen LogP contribution in [0.1, 0.15) is 19.3 Å². The van der Waals surface area contributed by atoms with E-state index in [9.17, 15) is 4.79 Å². The van der Waals surface area contributed by atoms with Crippen LogP contribution in [-0.2, 0) is 14.3 Å². The summed E-state index contributed by atoms with van der Waals surface area (Å²) in [7, 11) is 0. The minimum absolute atomic E-state index is 0.191. The molecule has 2 aliphatic heterocycles. The summed E-state index contributed by atoms with van der Waals surface area (Å²) in [6.07, 6.45) is 4.93. The Hall–Kier alpha value is -1.88. The molecule has 118 valence electrons. The molecule has 0 radical (unpaired) electrons. The summed E-state index contributed by atoms with van der Waals surface area (Å²) in [6.45, 7) is 2.83. The van der Waals surface area contributed by atoms with Gasteiger partial charge in [0.25, 0.3) is 5.91 Å². The molecule has 1 amide bonds. The lowest BCUT2D eigenvalue weighted by Gasteiger charge is -2.30. The first-order chi connectivity index (χ1) is 10.7. The van der Waals surface area contributed by atoms with Crippen molar-refractivity contribution in [1.82, 2.24) is 0 Å². The molecule has 22 heavy (non-hydrogen) atoms. The fourth-order valence-electron chi connectivity index (χ4n) is 2.69. The van der Waals surface area contributed by atoms with Gasteiger partial charge in [0.15, 0.2) is 0 Å². The van der Waals surface area contributed by atoms with E-state index in [0.29, 0.717) is 23.9 Å². The van der Waals surface area contributed by atoms with Crippen LogP contribution in [0.2, 0.25) is 5.02 Å². The minimum Gasteiger partial charge on any atom is -0.494 e. The number of halogens is 1. The number of nitrogens with one attached hydrogen (secondary N) is 1. The predicted octanol–water partition coefficient (Wildman–Crippen LogP) is 3.16. The number of anilines is 2. The van der Waals surface area contributed by atoms with Crippen LogP contribution in [-0.4, -0.2) is 32.2 Å². The van der Waals surface area contributed by atoms with Gasteiger partial charge in [0.1, 0.15) is 19.5 Å². The van der Waals surface area contributed by atoms with Gasteiger partial charge in [-0.05, 0) is 37.5 Å². The number of amides is 1. The maximum Gasteiger partial charge on any atom is 0.294 e. The third-order valence-electron chi connectivity index (χ3n) is 3.78. The van der Waals surface area contributed by atoms with Crippen molar-refractivity contribution in [3.8, 4) is 0 Å². The van der Waals surface area contributed by atoms with Gasteiger partial charge in [-0.15, -0.1) is 0 Å². The first-order valence-corrected chi connectivity index (χ1v) is 7.92. The largest absolute Gasteiger partial charge is 0.494 e. The molecule has 3 rings (SSSR count). The van der Waals surface area contributed by atoms with Crippen LogP contribution in [0.15, 0.2) is 30.2 Å². The van der Waals surface area contributed by atoms with Gasteiger partial charge in [0, 0.05) is 18.1 Å². The van der Waals surface area contributed by atoms with Gasteiger partial charge < -0.3 is 19.7 Å². The van der Waals surface area contributed by atoms with Crippen LogP contribution in [0.5, 0.6) is 0 Å². The summed E-state index contributed by atoms with van der Waals surface area (Å²) in [4.78, 5) is 14.5. The molecule has 1 saturated heterocycles. The van der Waals surface area contributed by atoms with Crippen LogP contribution < -0.4 is 10.2 Å². The molecule has 0 atom stereocenters. The second-order valence-electron chi connectivity index (χ2n) is 5.36. The standard InChI is InChI=1S/C16H19ClN2O3/c17-12-4-5-14(19-6-2-1-3-7-19)13(10-12)18-16(20)15-11-21-8-9-22-15/h4-5,10-11H,1-3,6-9H2,(H,18,20). The quantitative estimate of drug-likeness (QED) is 0.928. The van der Waals surface area contributed by atoms with Crippen molar-refractivity contribution >= 4 is 28.9 Å². The maximum absolute atomic E-state index is 12.3. The Morgan fingerprint density at radius 2 is 2.00 bits per heavy atom. The van der Waals surface area contributed by atoms with Crippen molar-refractivity contribution in [2.24, 2.45) is 0 Å². The normalized spacial score (nSPS) is 18.0. The molecule has 0 spiro atoms. The van der Waals surface area contributed by atoms with E-state index < -0.39 is 0 Å². The first-order valence-electron chi connectivity index (χ1n) is 7.54. The van der Waals surface area contributed by atoms with Gasteiger partial charge in [-0.3, -0.25) is 4.79 Å². The first kappa shape index (κ1) is 15.0. The molecule has 6 heteroatoms. The molecule has 0 unspecified atom stereocenters. The van der Waals surface area contributed by atoms with Gasteiger partial charge in [-0.1, -0.05) is 11.6 Å². The summed E-state index contributed by atoms with van der Waals surface area (Å²) in [6, 6.07) is 5.57. The van der Waals surface area contributed by atoms with Crippen LogP contribution in [0.3, 0.4) is 0 Å². The summed E-state index contributed by atoms with van der Waals surface area (Å²) < 4.78 is 10.4. The zero-order valence-electron chi connectivity index (χ0n) is 12.3. The number of piperidine rings is 1. The number of ether oxygens (including phenoxy) is 2. The van der Waals surface area contributed by atoms with Crippen molar-refractivity contribution in [1.29, 1.82) is 0 Å². The molecule has 0 aliphatic carbocycles. The number of hydrogen-bond donors (Lipinski definition) is 1. The lowest BCUT2D eigenvalue weighted by molar-refractivity contribution is -0.117. The lowest BCUT2D eigenvalue weighted by Crippen LogP contribution is -2.30. The molecule has 0 aromatic heterocycles. The molecule has 1 N–H and O–H groups in total. The monoisotopic (exact) mass is 322 g/mol. The van der Waals surface area contributed by atoms with Gasteiger partial charge in [0.2, 0.25) is 5.76 Å². The summed E-state index contributed by atoms with van der Waals surface area (Å²) >= 11 is 6.08. The second kappa shape index (κ2) is 6.92. The van der Waals surface area contributed by atoms with Crippen molar-refractivity contribution in [3.63, 3.8) is 0 Å². The van der Waals surface area contributed by atoms with E-state index in [1.165, 1.54) is 12.7 Å². The number of hydrogen-bond acceptors (Lipinski definition) is 4. The second-order valence-corrected chi connectivity index (χ2v) is 5.80. The van der Waals surface area contributed by atoms with Crippen LogP contribution >= 0.6 is 11.6 Å². The zero-order valence-corrected chi connectivity index (χ0v) is 13.1. The molecular weight excluding hydrogens is 304 g/mol. The van der Waals surface area contributed by atoms with Gasteiger partial charge in [0.05, 0.1) is 11.4 Å². The molecule has 2 heterocycles. The lowest BCUT2D eigenvalue weighted by atomic mass is 10.1. The van der Waals surface area contributed by atoms with Gasteiger partial charge in [-0.25, -0.2) is 0 Å². The summed E-state index contributed by atoms with van der Waals surface area (Å²) in [5, 5.41) is 3.47. The van der Waals surface area contributed by atoms with E-state index in [-0.39, 0.29) is 11.7 Å². The Labute approximate surface area is 134 Å². The van der Waals surface area contributed by atoms with Crippen LogP contribution in [0, 0.1) is 0 Å². The van der Waals surface area contributed by atoms with Gasteiger partial charge >= 0.3 is 0 Å². The molecule has 1 fully saturated rings. The van der Waals surface area contributed by atoms with Crippen molar-refractivity contribution in [2.75, 3.05) is 36.5 Å². The minimum atomic E-state index is -0.319. The Morgan fingerprint density at radius 3 is 2.73 bits per heavy atom. The summed E-state index contributed by atoms with van der Waals surface area (Å²) in [5.41, 5.74) is 1.70. The molecule has 0 saturated carbocycles. The van der Waals surface area contributed by atoms with Gasteiger partial charge in [-0.2, -0.15) is 0 Å². The van der Waals surface area contributed by atoms with Crippen LogP contribution in [0.25, 0.3) is 0 Å². The smallest absolute Gasteiger partial charge is 0.294 e. The number of carbonyl (C=O) groups is 1. The van der Waals surface area contributed by atoms with E-state index >= 15 is 0 Å². The Morgan fingerprint density at radius 1 is 1.18 bits per heavy atom. The fourth-order valence-corrected chi connectivity index (χ4v) is 2.86. The van der Waals surface area contributed by atoms with Crippen molar-refractivity contribution < 1.29 is 14.3 Å². The Kier molecular flexibility index (Phi) is 4.73. The van der Waals surface area contributed by atoms with Crippen LogP contribution in [0.4, 0.5) is 11.4 Å². The number of rotatable bonds is 3. The molecule has 0 bridgehead atoms. The zero-order chi connectivity index (χ0) is 15.4. The number of nitrogens with zero attached hydrogens (tertiary/aromatic N) is 1. The van der Waals surface area contributed by atoms with E-state index in [4.69, 9.17) is 21.1 Å². The Bertz CT molecular complexity index is 583. The molecule has 2 aliphatic rings. The fraction of sp³-hybridized carbons (Fsp3) is 0.438. The highest BCUT2D eigenvalue weighted by Gasteiger charge is 2.19. The molecule has 5 nitrogen and oxygen atoms in total. The van der Waals surface area contributed by atoms with E-state index in [2.05, 4.69) is 10.2 Å². The number of benzene rings is 1. The highest BCUT2D eigenvalue weighted by molar-refractivity contribution is 6.31. The third kappa shape index (κ3) is 3.47. The highest BCUT2D eigenvalue weighted by atomic mass is 35.5. The average Bonchev–Trinajstić information content (AvgIpc) is 2.56. The molecule has 1 aromatic rings. The van der Waals surface area contributed by atoms with E-state index in [1.807, 2.05) is 12.1 Å². The van der Waals surface area contributed by atoms with Crippen molar-refractivity contribution in [3.05, 3.63) is 35.2 Å². The Balaban J connectivity index is 1.80. The highest BCUT2D eigenvalue weighted by Crippen LogP contribution is 2.31. The third-order valence-corrected chi connectivity index (χ3v) is 4.01. The molecule has 1 aromatic carbocycles. The van der Waals surface area contributed by atoms with E-state index in [0.717, 1.165) is 31.6 Å². The predicted molar refractivity (Wildman–Crippen MR) is 86.1 cm³/mol. The van der Waals surface area contributed by atoms with Crippen molar-refractivity contribution in [2.45, 2.75) is 19.3 Å². The number of carbonyl (C=O) groups excluding carboxylic acids is 1. The average molecular weight is 323 g/mol. The molecular formula is C16H19ClN2O3. The SMILES string of the molecule is O=C(Nc1cc(Cl)ccc1N1CCCCC1)C1=COCCO1. The summed E-state index contributed by atoms with van der Waals surface area (Å²) in [5.74, 6) is -0.129. The maximum atomic E-state index is 12.3. The van der Waals surface area contributed by atoms with E-state index in [1.54, 1.807) is 6.07 Å². The topological polar surface area (TPSA) is 50.8 Å².